The standard InChI is InChI=1S/C22H18O/c1-4-10-17(11-5-1)20-16-23-22(19-14-8-3-9-15-19)21(20)18-12-6-2-7-13-18/h1-16,21-22H/t21-,22-/m1/s1. The summed E-state index contributed by atoms with van der Waals surface area (Å²) in [4.78, 5) is 0. The Balaban J connectivity index is 1.79. The number of benzene rings is 3. The number of hydrogen-bond donors (Lipinski definition) is 0. The maximum absolute atomic E-state index is 6.11. The van der Waals surface area contributed by atoms with Crippen LogP contribution in [-0.2, 0) is 4.74 Å². The van der Waals surface area contributed by atoms with Crippen molar-refractivity contribution in [3.8, 4) is 0 Å². The molecule has 2 atom stereocenters. The van der Waals surface area contributed by atoms with E-state index in [1.807, 2.05) is 18.4 Å². The van der Waals surface area contributed by atoms with E-state index in [2.05, 4.69) is 78.9 Å². The van der Waals surface area contributed by atoms with Crippen LogP contribution < -0.4 is 0 Å². The topological polar surface area (TPSA) is 9.23 Å². The Bertz CT molecular complexity index is 791. The lowest BCUT2D eigenvalue weighted by atomic mass is 9.82. The normalized spacial score (nSPS) is 19.9. The fraction of sp³-hybridized carbons (Fsp3) is 0.0909. The molecule has 1 aliphatic rings. The first-order chi connectivity index (χ1) is 11.4. The minimum atomic E-state index is 0.0220. The molecule has 4 rings (SSSR count). The Hall–Kier alpha value is -2.80. The predicted octanol–water partition coefficient (Wildman–Crippen LogP) is 5.58. The predicted molar refractivity (Wildman–Crippen MR) is 93.9 cm³/mol. The van der Waals surface area contributed by atoms with Crippen molar-refractivity contribution < 1.29 is 4.74 Å². The SMILES string of the molecule is C1=C(c2ccccc2)[C@@H](c2ccccc2)[C@@H](c2ccccc2)O1. The summed E-state index contributed by atoms with van der Waals surface area (Å²) in [6, 6.07) is 31.6. The van der Waals surface area contributed by atoms with Gasteiger partial charge in [-0.05, 0) is 16.7 Å². The molecule has 0 spiro atoms. The first kappa shape index (κ1) is 13.8. The Labute approximate surface area is 136 Å². The van der Waals surface area contributed by atoms with Crippen molar-refractivity contribution in [1.29, 1.82) is 0 Å². The summed E-state index contributed by atoms with van der Waals surface area (Å²) in [5.41, 5.74) is 4.96. The fourth-order valence-corrected chi connectivity index (χ4v) is 3.27. The smallest absolute Gasteiger partial charge is 0.134 e. The van der Waals surface area contributed by atoms with Crippen LogP contribution in [-0.4, -0.2) is 0 Å². The van der Waals surface area contributed by atoms with Gasteiger partial charge in [-0.3, -0.25) is 0 Å². The van der Waals surface area contributed by atoms with E-state index in [0.717, 1.165) is 0 Å². The van der Waals surface area contributed by atoms with Crippen LogP contribution in [0.4, 0.5) is 0 Å². The third-order valence-corrected chi connectivity index (χ3v) is 4.37. The van der Waals surface area contributed by atoms with Crippen molar-refractivity contribution in [2.24, 2.45) is 0 Å². The molecule has 23 heavy (non-hydrogen) atoms. The van der Waals surface area contributed by atoms with Gasteiger partial charge in [-0.2, -0.15) is 0 Å². The van der Waals surface area contributed by atoms with E-state index >= 15 is 0 Å². The first-order valence-electron chi connectivity index (χ1n) is 7.94. The van der Waals surface area contributed by atoms with Gasteiger partial charge in [0, 0.05) is 5.57 Å². The largest absolute Gasteiger partial charge is 0.492 e. The first-order valence-corrected chi connectivity index (χ1v) is 7.94. The zero-order valence-electron chi connectivity index (χ0n) is 12.8. The van der Waals surface area contributed by atoms with Gasteiger partial charge in [0.2, 0.25) is 0 Å². The second-order valence-electron chi connectivity index (χ2n) is 5.79. The molecule has 0 saturated heterocycles. The summed E-state index contributed by atoms with van der Waals surface area (Å²) in [6.45, 7) is 0. The van der Waals surface area contributed by atoms with Crippen LogP contribution in [0.3, 0.4) is 0 Å². The quantitative estimate of drug-likeness (QED) is 0.613. The van der Waals surface area contributed by atoms with Crippen molar-refractivity contribution in [1.82, 2.24) is 0 Å². The lowest BCUT2D eigenvalue weighted by Crippen LogP contribution is -2.09. The minimum Gasteiger partial charge on any atom is -0.492 e. The number of hydrogen-bond acceptors (Lipinski definition) is 1. The molecule has 0 radical (unpaired) electrons. The molecule has 0 bridgehead atoms. The van der Waals surface area contributed by atoms with E-state index in [1.54, 1.807) is 0 Å². The lowest BCUT2D eigenvalue weighted by molar-refractivity contribution is 0.159. The molecule has 0 amide bonds. The molecule has 3 aromatic carbocycles. The van der Waals surface area contributed by atoms with Crippen molar-refractivity contribution in [2.45, 2.75) is 12.0 Å². The van der Waals surface area contributed by atoms with E-state index in [9.17, 15) is 0 Å². The Morgan fingerprint density at radius 1 is 0.565 bits per heavy atom. The van der Waals surface area contributed by atoms with Crippen molar-refractivity contribution in [3.05, 3.63) is 114 Å². The molecule has 0 saturated carbocycles. The second kappa shape index (κ2) is 6.13. The van der Waals surface area contributed by atoms with Gasteiger partial charge in [0.05, 0.1) is 12.2 Å². The molecule has 0 aliphatic carbocycles. The van der Waals surface area contributed by atoms with Crippen molar-refractivity contribution in [2.75, 3.05) is 0 Å². The van der Waals surface area contributed by atoms with Crippen LogP contribution in [0.25, 0.3) is 5.57 Å². The molecule has 1 aliphatic heterocycles. The molecule has 0 N–H and O–H groups in total. The van der Waals surface area contributed by atoms with E-state index in [4.69, 9.17) is 4.74 Å². The Kier molecular flexibility index (Phi) is 3.69. The fourth-order valence-electron chi connectivity index (χ4n) is 3.27. The van der Waals surface area contributed by atoms with Crippen LogP contribution >= 0.6 is 0 Å². The molecule has 1 nitrogen and oxygen atoms in total. The third kappa shape index (κ3) is 2.66. The van der Waals surface area contributed by atoms with Crippen molar-refractivity contribution >= 4 is 5.57 Å². The highest BCUT2D eigenvalue weighted by molar-refractivity contribution is 5.73. The highest BCUT2D eigenvalue weighted by Crippen LogP contribution is 2.48. The van der Waals surface area contributed by atoms with Gasteiger partial charge in [-0.25, -0.2) is 0 Å². The summed E-state index contributed by atoms with van der Waals surface area (Å²) in [5.74, 6) is 0.209. The molecular weight excluding hydrogens is 280 g/mol. The molecule has 0 aromatic heterocycles. The highest BCUT2D eigenvalue weighted by Gasteiger charge is 2.34. The summed E-state index contributed by atoms with van der Waals surface area (Å²) in [7, 11) is 0. The van der Waals surface area contributed by atoms with Gasteiger partial charge in [-0.15, -0.1) is 0 Å². The van der Waals surface area contributed by atoms with E-state index in [-0.39, 0.29) is 12.0 Å². The maximum atomic E-state index is 6.11. The summed E-state index contributed by atoms with van der Waals surface area (Å²) >= 11 is 0. The number of ether oxygens (including phenoxy) is 1. The zero-order chi connectivity index (χ0) is 15.5. The van der Waals surface area contributed by atoms with Crippen LogP contribution in [0.1, 0.15) is 28.7 Å². The Morgan fingerprint density at radius 2 is 1.09 bits per heavy atom. The van der Waals surface area contributed by atoms with Gasteiger partial charge in [-0.1, -0.05) is 91.0 Å². The van der Waals surface area contributed by atoms with E-state index in [0.29, 0.717) is 0 Å². The molecule has 0 fully saturated rings. The molecule has 0 unspecified atom stereocenters. The van der Waals surface area contributed by atoms with E-state index in [1.165, 1.54) is 22.3 Å². The van der Waals surface area contributed by atoms with Crippen LogP contribution in [0.5, 0.6) is 0 Å². The average molecular weight is 298 g/mol. The van der Waals surface area contributed by atoms with Crippen LogP contribution in [0, 0.1) is 0 Å². The van der Waals surface area contributed by atoms with E-state index < -0.39 is 0 Å². The summed E-state index contributed by atoms with van der Waals surface area (Å²) in [5, 5.41) is 0. The molecule has 1 heteroatoms. The second-order valence-corrected chi connectivity index (χ2v) is 5.79. The zero-order valence-corrected chi connectivity index (χ0v) is 12.8. The average Bonchev–Trinajstić information content (AvgIpc) is 3.09. The van der Waals surface area contributed by atoms with Crippen LogP contribution in [0.15, 0.2) is 97.3 Å². The minimum absolute atomic E-state index is 0.0220. The monoisotopic (exact) mass is 298 g/mol. The van der Waals surface area contributed by atoms with Gasteiger partial charge in [0.25, 0.3) is 0 Å². The summed E-state index contributed by atoms with van der Waals surface area (Å²) < 4.78 is 6.11. The third-order valence-electron chi connectivity index (χ3n) is 4.37. The maximum Gasteiger partial charge on any atom is 0.134 e. The van der Waals surface area contributed by atoms with Crippen LogP contribution in [0.2, 0.25) is 0 Å². The molecule has 3 aromatic rings. The van der Waals surface area contributed by atoms with Gasteiger partial charge in [0.15, 0.2) is 0 Å². The lowest BCUT2D eigenvalue weighted by Gasteiger charge is -2.22. The molecule has 1 heterocycles. The molecule has 112 valence electrons. The highest BCUT2D eigenvalue weighted by atomic mass is 16.5. The van der Waals surface area contributed by atoms with Gasteiger partial charge in [0.1, 0.15) is 6.10 Å². The van der Waals surface area contributed by atoms with Crippen molar-refractivity contribution in [3.63, 3.8) is 0 Å². The van der Waals surface area contributed by atoms with Gasteiger partial charge < -0.3 is 4.74 Å². The Morgan fingerprint density at radius 3 is 1.70 bits per heavy atom. The summed E-state index contributed by atoms with van der Waals surface area (Å²) in [6.07, 6.45) is 1.96. The molecular formula is C22H18O. The number of rotatable bonds is 3. The van der Waals surface area contributed by atoms with Gasteiger partial charge >= 0.3 is 0 Å².